The smallest absolute Gasteiger partial charge is 0.326 e. The predicted octanol–water partition coefficient (Wildman–Crippen LogP) is 3.54. The fourth-order valence-electron chi connectivity index (χ4n) is 2.45. The number of alkyl halides is 3. The SMILES string of the molecule is CC(=O)Nc1ccc(NC(=O)c2cc3nc(C)cc(C(F)(F)Cl)n3n2)cc1. The quantitative estimate of drug-likeness (QED) is 0.663. The number of fused-ring (bicyclic) bond motifs is 1. The lowest BCUT2D eigenvalue weighted by atomic mass is 10.2. The highest BCUT2D eigenvalue weighted by molar-refractivity contribution is 6.21. The first-order valence-corrected chi connectivity index (χ1v) is 8.15. The van der Waals surface area contributed by atoms with Crippen LogP contribution in [-0.4, -0.2) is 26.4 Å². The summed E-state index contributed by atoms with van der Waals surface area (Å²) in [5, 5.41) is 5.43. The second kappa shape index (κ2) is 6.92. The van der Waals surface area contributed by atoms with Gasteiger partial charge in [-0.2, -0.15) is 13.9 Å². The van der Waals surface area contributed by atoms with Gasteiger partial charge < -0.3 is 10.6 Å². The fourth-order valence-corrected chi connectivity index (χ4v) is 2.58. The Bertz CT molecular complexity index is 1030. The zero-order valence-corrected chi connectivity index (χ0v) is 15.0. The van der Waals surface area contributed by atoms with Crippen LogP contribution in [0.1, 0.15) is 28.8 Å². The van der Waals surface area contributed by atoms with Gasteiger partial charge in [0.2, 0.25) is 5.91 Å². The molecule has 0 atom stereocenters. The number of carbonyl (C=O) groups is 2. The largest absolute Gasteiger partial charge is 0.364 e. The molecule has 2 amide bonds. The Labute approximate surface area is 157 Å². The zero-order chi connectivity index (χ0) is 19.8. The first kappa shape index (κ1) is 18.7. The first-order chi connectivity index (χ1) is 12.6. The summed E-state index contributed by atoms with van der Waals surface area (Å²) < 4.78 is 28.0. The van der Waals surface area contributed by atoms with Gasteiger partial charge in [-0.1, -0.05) is 0 Å². The van der Waals surface area contributed by atoms with Gasteiger partial charge in [-0.25, -0.2) is 9.50 Å². The zero-order valence-electron chi connectivity index (χ0n) is 14.3. The summed E-state index contributed by atoms with van der Waals surface area (Å²) >= 11 is 5.13. The summed E-state index contributed by atoms with van der Waals surface area (Å²) in [6, 6.07) is 8.78. The summed E-state index contributed by atoms with van der Waals surface area (Å²) in [6.45, 7) is 2.92. The number of aromatic nitrogens is 3. The summed E-state index contributed by atoms with van der Waals surface area (Å²) in [5.41, 5.74) is 0.737. The number of anilines is 2. The van der Waals surface area contributed by atoms with Gasteiger partial charge in [0.15, 0.2) is 11.3 Å². The fraction of sp³-hybridized carbons (Fsp3) is 0.176. The van der Waals surface area contributed by atoms with Crippen molar-refractivity contribution in [1.29, 1.82) is 0 Å². The maximum atomic E-state index is 13.6. The maximum Gasteiger partial charge on any atom is 0.364 e. The third kappa shape index (κ3) is 4.20. The van der Waals surface area contributed by atoms with E-state index in [0.717, 1.165) is 10.6 Å². The predicted molar refractivity (Wildman–Crippen MR) is 96.2 cm³/mol. The molecule has 3 aromatic rings. The van der Waals surface area contributed by atoms with E-state index in [4.69, 9.17) is 11.6 Å². The molecular weight excluding hydrogens is 380 g/mol. The average Bonchev–Trinajstić information content (AvgIpc) is 2.98. The van der Waals surface area contributed by atoms with Gasteiger partial charge in [-0.3, -0.25) is 9.59 Å². The lowest BCUT2D eigenvalue weighted by Gasteiger charge is -2.10. The lowest BCUT2D eigenvalue weighted by Crippen LogP contribution is -2.15. The molecule has 7 nitrogen and oxygen atoms in total. The van der Waals surface area contributed by atoms with Gasteiger partial charge in [0.25, 0.3) is 5.91 Å². The summed E-state index contributed by atoms with van der Waals surface area (Å²) in [4.78, 5) is 27.5. The number of benzene rings is 1. The molecule has 10 heteroatoms. The topological polar surface area (TPSA) is 88.4 Å². The molecule has 0 radical (unpaired) electrons. The van der Waals surface area contributed by atoms with E-state index in [-0.39, 0.29) is 17.2 Å². The van der Waals surface area contributed by atoms with Crippen molar-refractivity contribution in [3.8, 4) is 0 Å². The highest BCUT2D eigenvalue weighted by atomic mass is 35.5. The number of amides is 2. The second-order valence-corrected chi connectivity index (χ2v) is 6.27. The van der Waals surface area contributed by atoms with Crippen LogP contribution in [0.2, 0.25) is 0 Å². The molecule has 0 fully saturated rings. The number of hydrogen-bond acceptors (Lipinski definition) is 4. The van der Waals surface area contributed by atoms with Crippen LogP contribution in [0, 0.1) is 6.92 Å². The standard InChI is InChI=1S/C17H14ClF2N5O2/c1-9-7-14(17(18,19)20)25-15(21-9)8-13(24-25)16(27)23-12-5-3-11(4-6-12)22-10(2)26/h3-8H,1-2H3,(H,22,26)(H,23,27). The van der Waals surface area contributed by atoms with Crippen LogP contribution in [0.3, 0.4) is 0 Å². The third-order valence-corrected chi connectivity index (χ3v) is 3.74. The number of nitrogens with zero attached hydrogens (tertiary/aromatic N) is 3. The van der Waals surface area contributed by atoms with E-state index in [1.165, 1.54) is 19.9 Å². The van der Waals surface area contributed by atoms with Gasteiger partial charge in [-0.05, 0) is 48.9 Å². The summed E-state index contributed by atoms with van der Waals surface area (Å²) in [5.74, 6) is -0.819. The molecule has 1 aromatic carbocycles. The molecule has 140 valence electrons. The Hall–Kier alpha value is -3.07. The van der Waals surface area contributed by atoms with E-state index in [0.29, 0.717) is 17.1 Å². The van der Waals surface area contributed by atoms with Gasteiger partial charge >= 0.3 is 5.38 Å². The number of rotatable bonds is 4. The normalized spacial score (nSPS) is 11.4. The Morgan fingerprint density at radius 2 is 1.70 bits per heavy atom. The van der Waals surface area contributed by atoms with Crippen LogP contribution in [0.4, 0.5) is 20.2 Å². The van der Waals surface area contributed by atoms with Crippen molar-refractivity contribution in [3.63, 3.8) is 0 Å². The van der Waals surface area contributed by atoms with Crippen LogP contribution in [0.15, 0.2) is 36.4 Å². The van der Waals surface area contributed by atoms with Crippen molar-refractivity contribution < 1.29 is 18.4 Å². The Balaban J connectivity index is 1.87. The minimum absolute atomic E-state index is 0.0801. The molecule has 2 N–H and O–H groups in total. The van der Waals surface area contributed by atoms with Crippen LogP contribution in [-0.2, 0) is 10.2 Å². The molecule has 0 aliphatic carbocycles. The first-order valence-electron chi connectivity index (χ1n) is 7.77. The average molecular weight is 394 g/mol. The molecular formula is C17H14ClF2N5O2. The molecule has 0 unspecified atom stereocenters. The number of hydrogen-bond donors (Lipinski definition) is 2. The van der Waals surface area contributed by atoms with Crippen LogP contribution < -0.4 is 10.6 Å². The molecule has 3 rings (SSSR count). The third-order valence-electron chi connectivity index (χ3n) is 3.54. The van der Waals surface area contributed by atoms with Crippen LogP contribution in [0.25, 0.3) is 5.65 Å². The van der Waals surface area contributed by atoms with E-state index in [9.17, 15) is 18.4 Å². The molecule has 0 spiro atoms. The highest BCUT2D eigenvalue weighted by Gasteiger charge is 2.32. The van der Waals surface area contributed by atoms with Gasteiger partial charge in [0, 0.05) is 30.1 Å². The maximum absolute atomic E-state index is 13.6. The van der Waals surface area contributed by atoms with E-state index >= 15 is 0 Å². The molecule has 2 heterocycles. The minimum atomic E-state index is -3.66. The van der Waals surface area contributed by atoms with Crippen LogP contribution >= 0.6 is 11.6 Å². The van der Waals surface area contributed by atoms with Gasteiger partial charge in [-0.15, -0.1) is 0 Å². The highest BCUT2D eigenvalue weighted by Crippen LogP contribution is 2.32. The Morgan fingerprint density at radius 1 is 1.11 bits per heavy atom. The van der Waals surface area contributed by atoms with Crippen molar-refractivity contribution >= 4 is 40.4 Å². The van der Waals surface area contributed by atoms with Crippen molar-refractivity contribution in [2.24, 2.45) is 0 Å². The van der Waals surface area contributed by atoms with E-state index in [2.05, 4.69) is 20.7 Å². The summed E-state index contributed by atoms with van der Waals surface area (Å²) in [7, 11) is 0. The van der Waals surface area contributed by atoms with Crippen molar-refractivity contribution in [2.75, 3.05) is 10.6 Å². The van der Waals surface area contributed by atoms with Crippen molar-refractivity contribution in [1.82, 2.24) is 14.6 Å². The molecule has 0 bridgehead atoms. The number of nitrogens with one attached hydrogen (secondary N) is 2. The van der Waals surface area contributed by atoms with Crippen molar-refractivity contribution in [3.05, 3.63) is 53.5 Å². The molecule has 2 aromatic heterocycles. The Morgan fingerprint density at radius 3 is 2.26 bits per heavy atom. The number of carbonyl (C=O) groups excluding carboxylic acids is 2. The van der Waals surface area contributed by atoms with E-state index < -0.39 is 17.0 Å². The summed E-state index contributed by atoms with van der Waals surface area (Å²) in [6.07, 6.45) is 0. The minimum Gasteiger partial charge on any atom is -0.326 e. The Kier molecular flexibility index (Phi) is 4.79. The molecule has 0 saturated carbocycles. The molecule has 0 saturated heterocycles. The molecule has 0 aliphatic rings. The van der Waals surface area contributed by atoms with E-state index in [1.807, 2.05) is 0 Å². The van der Waals surface area contributed by atoms with E-state index in [1.54, 1.807) is 24.3 Å². The lowest BCUT2D eigenvalue weighted by molar-refractivity contribution is -0.114. The number of halogens is 3. The number of aryl methyl sites for hydroxylation is 1. The van der Waals surface area contributed by atoms with Crippen LogP contribution in [0.5, 0.6) is 0 Å². The molecule has 0 aliphatic heterocycles. The van der Waals surface area contributed by atoms with Gasteiger partial charge in [0.1, 0.15) is 5.69 Å². The van der Waals surface area contributed by atoms with Gasteiger partial charge in [0.05, 0.1) is 0 Å². The van der Waals surface area contributed by atoms with Crippen molar-refractivity contribution in [2.45, 2.75) is 19.2 Å². The molecule has 27 heavy (non-hydrogen) atoms. The monoisotopic (exact) mass is 393 g/mol. The second-order valence-electron chi connectivity index (χ2n) is 5.79.